The van der Waals surface area contributed by atoms with Gasteiger partial charge < -0.3 is 4.74 Å². The molecular weight excluding hydrogens is 329 g/mol. The zero-order valence-corrected chi connectivity index (χ0v) is 11.9. The third-order valence-corrected chi connectivity index (χ3v) is 3.46. The van der Waals surface area contributed by atoms with E-state index in [-0.39, 0.29) is 10.8 Å². The van der Waals surface area contributed by atoms with E-state index >= 15 is 0 Å². The van der Waals surface area contributed by atoms with Crippen molar-refractivity contribution in [1.29, 1.82) is 0 Å². The molecule has 1 aliphatic rings. The second-order valence-corrected chi connectivity index (χ2v) is 6.72. The van der Waals surface area contributed by atoms with Crippen LogP contribution in [0.15, 0.2) is 18.2 Å². The molecule has 1 saturated heterocycles. The van der Waals surface area contributed by atoms with E-state index < -0.39 is 16.0 Å². The van der Waals surface area contributed by atoms with Crippen LogP contribution in [0.4, 0.5) is 0 Å². The van der Waals surface area contributed by atoms with E-state index in [9.17, 15) is 4.79 Å². The predicted octanol–water partition coefficient (Wildman–Crippen LogP) is 4.31. The summed E-state index contributed by atoms with van der Waals surface area (Å²) in [7, 11) is 0. The summed E-state index contributed by atoms with van der Waals surface area (Å²) in [4.78, 5) is 12.0. The van der Waals surface area contributed by atoms with Gasteiger partial charge >= 0.3 is 0 Å². The topological polar surface area (TPSA) is 29.6 Å². The van der Waals surface area contributed by atoms with Crippen molar-refractivity contribution in [3.63, 3.8) is 0 Å². The zero-order chi connectivity index (χ0) is 12.8. The maximum absolute atomic E-state index is 12.0. The van der Waals surface area contributed by atoms with E-state index in [1.807, 2.05) is 0 Å². The number of carbonyl (C=O) groups excluding carboxylic acids is 1. The average molecular weight is 334 g/mol. The summed E-state index contributed by atoms with van der Waals surface area (Å²) >= 11 is 28.5. The van der Waals surface area contributed by atoms with Gasteiger partial charge in [-0.3, -0.25) is 4.79 Å². The quantitative estimate of drug-likeness (QED) is 0.458. The minimum atomic E-state index is -1.61. The number of ketones is 1. The van der Waals surface area contributed by atoms with Crippen molar-refractivity contribution in [3.05, 3.63) is 33.8 Å². The van der Waals surface area contributed by atoms with E-state index in [4.69, 9.17) is 62.7 Å². The number of carbonyl (C=O) groups is 1. The van der Waals surface area contributed by atoms with E-state index in [0.29, 0.717) is 10.6 Å². The van der Waals surface area contributed by atoms with Gasteiger partial charge in [0.25, 0.3) is 0 Å². The molecule has 1 aromatic rings. The number of Topliss-reactive ketones (excluding diaryl/α,β-unsaturated/α-hetero) is 1. The third-order valence-electron chi connectivity index (χ3n) is 2.27. The van der Waals surface area contributed by atoms with Gasteiger partial charge in [-0.05, 0) is 18.2 Å². The lowest BCUT2D eigenvalue weighted by Crippen LogP contribution is -2.20. The van der Waals surface area contributed by atoms with Crippen molar-refractivity contribution >= 4 is 63.8 Å². The van der Waals surface area contributed by atoms with E-state index in [2.05, 4.69) is 0 Å². The highest BCUT2D eigenvalue weighted by Gasteiger charge is 2.56. The Kier molecular flexibility index (Phi) is 3.85. The molecule has 2 atom stereocenters. The first-order valence-electron chi connectivity index (χ1n) is 4.52. The lowest BCUT2D eigenvalue weighted by atomic mass is 10.1. The molecule has 0 N–H and O–H groups in total. The fraction of sp³-hybridized carbons (Fsp3) is 0.300. The molecule has 0 saturated carbocycles. The van der Waals surface area contributed by atoms with Crippen molar-refractivity contribution in [2.24, 2.45) is 0 Å². The van der Waals surface area contributed by atoms with Crippen LogP contribution in [0, 0.1) is 0 Å². The van der Waals surface area contributed by atoms with Crippen LogP contribution in [0.25, 0.3) is 0 Å². The standard InChI is InChI=1S/C10H5Cl5O2/c11-4-1-2-5(6(12)3-4)7(16)8-9(17-8)10(13,14)15/h1-3,8-9H/t8-,9-/m1/s1. The number of alkyl halides is 3. The van der Waals surface area contributed by atoms with Crippen molar-refractivity contribution in [2.45, 2.75) is 16.0 Å². The highest BCUT2D eigenvalue weighted by Crippen LogP contribution is 2.45. The Morgan fingerprint density at radius 2 is 1.88 bits per heavy atom. The zero-order valence-electron chi connectivity index (χ0n) is 8.09. The number of hydrogen-bond acceptors (Lipinski definition) is 2. The van der Waals surface area contributed by atoms with E-state index in [1.54, 1.807) is 6.07 Å². The van der Waals surface area contributed by atoms with Crippen LogP contribution in [0.2, 0.25) is 10.0 Å². The Balaban J connectivity index is 2.17. The van der Waals surface area contributed by atoms with Crippen LogP contribution in [-0.2, 0) is 4.74 Å². The molecule has 2 nitrogen and oxygen atoms in total. The number of benzene rings is 1. The predicted molar refractivity (Wildman–Crippen MR) is 69.7 cm³/mol. The smallest absolute Gasteiger partial charge is 0.219 e. The average Bonchev–Trinajstić information content (AvgIpc) is 2.95. The molecule has 17 heavy (non-hydrogen) atoms. The summed E-state index contributed by atoms with van der Waals surface area (Å²) in [5, 5.41) is 0.697. The van der Waals surface area contributed by atoms with Crippen molar-refractivity contribution in [3.8, 4) is 0 Å². The molecule has 2 rings (SSSR count). The fourth-order valence-corrected chi connectivity index (χ4v) is 2.40. The first-order chi connectivity index (χ1) is 7.80. The molecule has 1 heterocycles. The van der Waals surface area contributed by atoms with Crippen LogP contribution in [-0.4, -0.2) is 21.8 Å². The monoisotopic (exact) mass is 332 g/mol. The summed E-state index contributed by atoms with van der Waals surface area (Å²) in [6, 6.07) is 4.56. The summed E-state index contributed by atoms with van der Waals surface area (Å²) in [5.41, 5.74) is 0.304. The highest BCUT2D eigenvalue weighted by atomic mass is 35.6. The Hall–Kier alpha value is 0.300. The molecule has 0 aliphatic carbocycles. The summed E-state index contributed by atoms with van der Waals surface area (Å²) in [6.45, 7) is 0. The molecule has 0 spiro atoms. The van der Waals surface area contributed by atoms with Gasteiger partial charge in [-0.1, -0.05) is 58.0 Å². The Morgan fingerprint density at radius 1 is 1.24 bits per heavy atom. The number of halogens is 5. The van der Waals surface area contributed by atoms with Gasteiger partial charge in [-0.25, -0.2) is 0 Å². The number of epoxide rings is 1. The molecule has 0 amide bonds. The van der Waals surface area contributed by atoms with Crippen LogP contribution in [0.3, 0.4) is 0 Å². The largest absolute Gasteiger partial charge is 0.356 e. The normalized spacial score (nSPS) is 23.6. The number of rotatable bonds is 2. The van der Waals surface area contributed by atoms with Crippen LogP contribution < -0.4 is 0 Å². The first kappa shape index (κ1) is 13.7. The van der Waals surface area contributed by atoms with E-state index in [1.165, 1.54) is 12.1 Å². The van der Waals surface area contributed by atoms with Gasteiger partial charge in [-0.2, -0.15) is 0 Å². The molecule has 1 aliphatic heterocycles. The van der Waals surface area contributed by atoms with Crippen molar-refractivity contribution in [1.82, 2.24) is 0 Å². The minimum Gasteiger partial charge on any atom is -0.356 e. The third kappa shape index (κ3) is 3.01. The number of hydrogen-bond donors (Lipinski definition) is 0. The van der Waals surface area contributed by atoms with Gasteiger partial charge in [0.05, 0.1) is 5.02 Å². The Morgan fingerprint density at radius 3 is 2.35 bits per heavy atom. The molecule has 7 heteroatoms. The Labute approximate surface area is 123 Å². The first-order valence-corrected chi connectivity index (χ1v) is 6.41. The summed E-state index contributed by atoms with van der Waals surface area (Å²) in [5.74, 6) is -0.317. The van der Waals surface area contributed by atoms with Gasteiger partial charge in [0.2, 0.25) is 3.79 Å². The minimum absolute atomic E-state index is 0.251. The maximum Gasteiger partial charge on any atom is 0.219 e. The number of ether oxygens (including phenoxy) is 1. The molecule has 0 unspecified atom stereocenters. The Bertz CT molecular complexity index is 468. The SMILES string of the molecule is O=C(c1ccc(Cl)cc1Cl)[C@H]1O[C@H]1C(Cl)(Cl)Cl. The maximum atomic E-state index is 12.0. The fourth-order valence-electron chi connectivity index (χ4n) is 1.40. The van der Waals surface area contributed by atoms with Crippen molar-refractivity contribution in [2.75, 3.05) is 0 Å². The molecular formula is C10H5Cl5O2. The van der Waals surface area contributed by atoms with Gasteiger partial charge in [0, 0.05) is 10.6 Å². The van der Waals surface area contributed by atoms with Crippen LogP contribution in [0.1, 0.15) is 10.4 Å². The van der Waals surface area contributed by atoms with E-state index in [0.717, 1.165) is 0 Å². The second-order valence-electron chi connectivity index (χ2n) is 3.51. The van der Waals surface area contributed by atoms with Crippen molar-refractivity contribution < 1.29 is 9.53 Å². The van der Waals surface area contributed by atoms with Crippen LogP contribution >= 0.6 is 58.0 Å². The molecule has 0 radical (unpaired) electrons. The molecule has 1 aromatic carbocycles. The lowest BCUT2D eigenvalue weighted by molar-refractivity contribution is 0.0954. The lowest BCUT2D eigenvalue weighted by Gasteiger charge is -2.06. The van der Waals surface area contributed by atoms with Crippen LogP contribution in [0.5, 0.6) is 0 Å². The highest BCUT2D eigenvalue weighted by molar-refractivity contribution is 6.68. The molecule has 92 valence electrons. The second kappa shape index (κ2) is 4.76. The summed E-state index contributed by atoms with van der Waals surface area (Å²) in [6.07, 6.45) is -1.49. The molecule has 1 fully saturated rings. The molecule has 0 bridgehead atoms. The van der Waals surface area contributed by atoms with Gasteiger partial charge in [0.1, 0.15) is 6.10 Å². The van der Waals surface area contributed by atoms with Gasteiger partial charge in [-0.15, -0.1) is 0 Å². The van der Waals surface area contributed by atoms with Gasteiger partial charge in [0.15, 0.2) is 11.9 Å². The summed E-state index contributed by atoms with van der Waals surface area (Å²) < 4.78 is 3.43. The molecule has 0 aromatic heterocycles.